The van der Waals surface area contributed by atoms with Gasteiger partial charge in [-0.1, -0.05) is 6.92 Å². The highest BCUT2D eigenvalue weighted by molar-refractivity contribution is 9.10. The second kappa shape index (κ2) is 3.88. The van der Waals surface area contributed by atoms with Gasteiger partial charge in [0.25, 0.3) is 0 Å². The molecule has 72 valence electrons. The van der Waals surface area contributed by atoms with Crippen LogP contribution in [0.15, 0.2) is 29.4 Å². The van der Waals surface area contributed by atoms with Crippen LogP contribution in [-0.2, 0) is 6.42 Å². The lowest BCUT2D eigenvalue weighted by Crippen LogP contribution is -2.02. The van der Waals surface area contributed by atoms with E-state index in [2.05, 4.69) is 37.8 Å². The van der Waals surface area contributed by atoms with Gasteiger partial charge in [0.2, 0.25) is 0 Å². The van der Waals surface area contributed by atoms with Gasteiger partial charge in [0.15, 0.2) is 5.82 Å². The molecule has 0 radical (unpaired) electrons. The van der Waals surface area contributed by atoms with Crippen LogP contribution in [0.4, 0.5) is 0 Å². The third-order valence-corrected chi connectivity index (χ3v) is 2.47. The summed E-state index contributed by atoms with van der Waals surface area (Å²) in [5, 5.41) is 0. The molecule has 0 aliphatic carbocycles. The molecule has 0 fully saturated rings. The standard InChI is InChI=1S/C9H9BrN4/c1-2-8-12-3-4-14(8)9-7(10)5-11-6-13-9/h3-6H,2H2,1H3. The minimum atomic E-state index is 0.828. The van der Waals surface area contributed by atoms with Crippen LogP contribution in [0.1, 0.15) is 12.7 Å². The van der Waals surface area contributed by atoms with E-state index in [0.717, 1.165) is 22.5 Å². The number of imidazole rings is 1. The van der Waals surface area contributed by atoms with Crippen LogP contribution in [0, 0.1) is 0 Å². The van der Waals surface area contributed by atoms with Crippen molar-refractivity contribution in [3.8, 4) is 5.82 Å². The first-order valence-corrected chi connectivity index (χ1v) is 5.10. The summed E-state index contributed by atoms with van der Waals surface area (Å²) in [6.07, 6.45) is 7.80. The Hall–Kier alpha value is -1.23. The van der Waals surface area contributed by atoms with E-state index in [1.807, 2.05) is 10.8 Å². The molecule has 0 atom stereocenters. The summed E-state index contributed by atoms with van der Waals surface area (Å²) < 4.78 is 2.82. The van der Waals surface area contributed by atoms with Gasteiger partial charge in [-0.2, -0.15) is 0 Å². The van der Waals surface area contributed by atoms with E-state index in [-0.39, 0.29) is 0 Å². The zero-order chi connectivity index (χ0) is 9.97. The molecule has 0 aliphatic rings. The topological polar surface area (TPSA) is 43.6 Å². The number of rotatable bonds is 2. The molecule has 0 saturated heterocycles. The van der Waals surface area contributed by atoms with Gasteiger partial charge >= 0.3 is 0 Å². The number of aryl methyl sites for hydroxylation is 1. The molecule has 0 aliphatic heterocycles. The number of aromatic nitrogens is 4. The predicted molar refractivity (Wildman–Crippen MR) is 56.2 cm³/mol. The minimum absolute atomic E-state index is 0.828. The Morgan fingerprint density at radius 3 is 3.00 bits per heavy atom. The average molecular weight is 253 g/mol. The fourth-order valence-electron chi connectivity index (χ4n) is 1.27. The molecule has 4 nitrogen and oxygen atoms in total. The van der Waals surface area contributed by atoms with E-state index in [1.165, 1.54) is 6.33 Å². The molecule has 0 bridgehead atoms. The Morgan fingerprint density at radius 2 is 2.29 bits per heavy atom. The Balaban J connectivity index is 2.54. The highest BCUT2D eigenvalue weighted by atomic mass is 79.9. The van der Waals surface area contributed by atoms with Crippen LogP contribution in [0.3, 0.4) is 0 Å². The molecule has 0 spiro atoms. The molecule has 0 aromatic carbocycles. The molecule has 0 unspecified atom stereocenters. The Morgan fingerprint density at radius 1 is 1.43 bits per heavy atom. The van der Waals surface area contributed by atoms with Crippen molar-refractivity contribution < 1.29 is 0 Å². The molecule has 2 rings (SSSR count). The number of halogens is 1. The van der Waals surface area contributed by atoms with Gasteiger partial charge in [-0.3, -0.25) is 4.57 Å². The van der Waals surface area contributed by atoms with E-state index in [0.29, 0.717) is 0 Å². The smallest absolute Gasteiger partial charge is 0.155 e. The first-order chi connectivity index (χ1) is 6.83. The first-order valence-electron chi connectivity index (χ1n) is 4.31. The number of nitrogens with zero attached hydrogens (tertiary/aromatic N) is 4. The molecule has 0 saturated carbocycles. The minimum Gasteiger partial charge on any atom is -0.287 e. The molecule has 0 amide bonds. The van der Waals surface area contributed by atoms with Crippen molar-refractivity contribution in [1.29, 1.82) is 0 Å². The first kappa shape index (κ1) is 9.33. The summed E-state index contributed by atoms with van der Waals surface area (Å²) in [7, 11) is 0. The van der Waals surface area contributed by atoms with E-state index < -0.39 is 0 Å². The quantitative estimate of drug-likeness (QED) is 0.821. The third kappa shape index (κ3) is 1.55. The van der Waals surface area contributed by atoms with Crippen LogP contribution in [-0.4, -0.2) is 19.5 Å². The lowest BCUT2D eigenvalue weighted by Gasteiger charge is -2.05. The maximum absolute atomic E-state index is 4.23. The third-order valence-electron chi connectivity index (χ3n) is 1.91. The highest BCUT2D eigenvalue weighted by Crippen LogP contribution is 2.17. The summed E-state index contributed by atoms with van der Waals surface area (Å²) in [4.78, 5) is 12.3. The zero-order valence-corrected chi connectivity index (χ0v) is 9.27. The summed E-state index contributed by atoms with van der Waals surface area (Å²) >= 11 is 3.41. The van der Waals surface area contributed by atoms with E-state index >= 15 is 0 Å². The maximum atomic E-state index is 4.23. The van der Waals surface area contributed by atoms with Gasteiger partial charge in [0.1, 0.15) is 12.2 Å². The molecule has 2 aromatic rings. The van der Waals surface area contributed by atoms with Crippen LogP contribution < -0.4 is 0 Å². The molecular weight excluding hydrogens is 244 g/mol. The van der Waals surface area contributed by atoms with Crippen LogP contribution in [0.5, 0.6) is 0 Å². The van der Waals surface area contributed by atoms with E-state index in [9.17, 15) is 0 Å². The van der Waals surface area contributed by atoms with Crippen molar-refractivity contribution in [3.05, 3.63) is 35.2 Å². The normalized spacial score (nSPS) is 10.4. The van der Waals surface area contributed by atoms with Crippen molar-refractivity contribution in [2.24, 2.45) is 0 Å². The molecule has 14 heavy (non-hydrogen) atoms. The Kier molecular flexibility index (Phi) is 2.58. The largest absolute Gasteiger partial charge is 0.287 e. The van der Waals surface area contributed by atoms with Crippen molar-refractivity contribution in [3.63, 3.8) is 0 Å². The predicted octanol–water partition coefficient (Wildman–Crippen LogP) is 1.99. The average Bonchev–Trinajstić information content (AvgIpc) is 2.66. The summed E-state index contributed by atoms with van der Waals surface area (Å²) in [5.74, 6) is 1.82. The van der Waals surface area contributed by atoms with Gasteiger partial charge in [-0.15, -0.1) is 0 Å². The van der Waals surface area contributed by atoms with Gasteiger partial charge in [-0.25, -0.2) is 15.0 Å². The van der Waals surface area contributed by atoms with Gasteiger partial charge in [0, 0.05) is 25.0 Å². The van der Waals surface area contributed by atoms with Crippen LogP contribution in [0.25, 0.3) is 5.82 Å². The van der Waals surface area contributed by atoms with Crippen molar-refractivity contribution >= 4 is 15.9 Å². The number of hydrogen-bond donors (Lipinski definition) is 0. The maximum Gasteiger partial charge on any atom is 0.155 e. The van der Waals surface area contributed by atoms with Crippen LogP contribution in [0.2, 0.25) is 0 Å². The summed E-state index contributed by atoms with van der Waals surface area (Å²) in [5.41, 5.74) is 0. The Bertz CT molecular complexity index is 438. The summed E-state index contributed by atoms with van der Waals surface area (Å²) in [6.45, 7) is 2.06. The fraction of sp³-hybridized carbons (Fsp3) is 0.222. The van der Waals surface area contributed by atoms with Gasteiger partial charge in [0.05, 0.1) is 4.47 Å². The molecule has 5 heteroatoms. The molecule has 2 aromatic heterocycles. The van der Waals surface area contributed by atoms with Crippen LogP contribution >= 0.6 is 15.9 Å². The summed E-state index contributed by atoms with van der Waals surface area (Å²) in [6, 6.07) is 0. The lowest BCUT2D eigenvalue weighted by molar-refractivity contribution is 0.856. The number of hydrogen-bond acceptors (Lipinski definition) is 3. The van der Waals surface area contributed by atoms with Crippen molar-refractivity contribution in [1.82, 2.24) is 19.5 Å². The second-order valence-electron chi connectivity index (χ2n) is 2.76. The van der Waals surface area contributed by atoms with Crippen molar-refractivity contribution in [2.45, 2.75) is 13.3 Å². The molecule has 2 heterocycles. The highest BCUT2D eigenvalue weighted by Gasteiger charge is 2.07. The fourth-order valence-corrected chi connectivity index (χ4v) is 1.68. The Labute approximate surface area is 90.2 Å². The van der Waals surface area contributed by atoms with E-state index in [4.69, 9.17) is 0 Å². The van der Waals surface area contributed by atoms with E-state index in [1.54, 1.807) is 12.4 Å². The van der Waals surface area contributed by atoms with Crippen molar-refractivity contribution in [2.75, 3.05) is 0 Å². The molecule has 0 N–H and O–H groups in total. The van der Waals surface area contributed by atoms with Gasteiger partial charge < -0.3 is 0 Å². The molecular formula is C9H9BrN4. The SMILES string of the molecule is CCc1nccn1-c1ncncc1Br. The lowest BCUT2D eigenvalue weighted by atomic mass is 10.4. The van der Waals surface area contributed by atoms with Gasteiger partial charge in [-0.05, 0) is 15.9 Å². The monoisotopic (exact) mass is 252 g/mol. The zero-order valence-electron chi connectivity index (χ0n) is 7.68. The second-order valence-corrected chi connectivity index (χ2v) is 3.62.